The summed E-state index contributed by atoms with van der Waals surface area (Å²) in [6.07, 6.45) is 12.5. The van der Waals surface area contributed by atoms with Crippen LogP contribution in [0.25, 0.3) is 0 Å². The third-order valence-corrected chi connectivity index (χ3v) is 5.43. The summed E-state index contributed by atoms with van der Waals surface area (Å²) >= 11 is 13.1. The fraction of sp³-hybridized carbons (Fsp3) is 1.00. The quantitative estimate of drug-likeness (QED) is 0.482. The molecule has 18 heavy (non-hydrogen) atoms. The van der Waals surface area contributed by atoms with Gasteiger partial charge in [-0.2, -0.15) is 37.9 Å². The first kappa shape index (κ1) is 17.1. The van der Waals surface area contributed by atoms with Gasteiger partial charge in [-0.1, -0.05) is 6.42 Å². The molecule has 0 spiro atoms. The lowest BCUT2D eigenvalue weighted by atomic mass is 9.70. The Morgan fingerprint density at radius 3 is 1.83 bits per heavy atom. The van der Waals surface area contributed by atoms with Crippen LogP contribution >= 0.6 is 37.9 Å². The first-order valence-electron chi connectivity index (χ1n) is 7.64. The standard InChI is InChI=1S/C15H30S3/c16-9-1-4-13-7-8-14(5-2-10-17)15(12-13)6-3-11-18/h13-18H,1-12H2. The normalized spacial score (nSPS) is 28.5. The molecule has 108 valence electrons. The Morgan fingerprint density at radius 2 is 1.22 bits per heavy atom. The van der Waals surface area contributed by atoms with Crippen molar-refractivity contribution in [2.75, 3.05) is 17.3 Å². The maximum Gasteiger partial charge on any atom is -0.00978 e. The van der Waals surface area contributed by atoms with Crippen molar-refractivity contribution in [1.82, 2.24) is 0 Å². The highest BCUT2D eigenvalue weighted by Crippen LogP contribution is 2.40. The van der Waals surface area contributed by atoms with Crippen LogP contribution in [-0.4, -0.2) is 17.3 Å². The van der Waals surface area contributed by atoms with E-state index in [-0.39, 0.29) is 0 Å². The molecule has 1 aliphatic carbocycles. The van der Waals surface area contributed by atoms with Gasteiger partial charge in [0.1, 0.15) is 0 Å². The topological polar surface area (TPSA) is 0 Å². The molecule has 0 aromatic rings. The molecule has 1 rings (SSSR count). The van der Waals surface area contributed by atoms with Crippen molar-refractivity contribution in [2.45, 2.75) is 57.8 Å². The van der Waals surface area contributed by atoms with E-state index < -0.39 is 0 Å². The molecule has 1 saturated carbocycles. The van der Waals surface area contributed by atoms with Gasteiger partial charge in [-0.3, -0.25) is 0 Å². The van der Waals surface area contributed by atoms with Crippen LogP contribution in [0.5, 0.6) is 0 Å². The minimum atomic E-state index is 0.968. The van der Waals surface area contributed by atoms with Crippen LogP contribution in [0, 0.1) is 17.8 Å². The minimum absolute atomic E-state index is 0.968. The van der Waals surface area contributed by atoms with Crippen molar-refractivity contribution in [2.24, 2.45) is 17.8 Å². The average Bonchev–Trinajstić information content (AvgIpc) is 2.41. The Morgan fingerprint density at radius 1 is 0.667 bits per heavy atom. The number of thiol groups is 3. The number of hydrogen-bond acceptors (Lipinski definition) is 3. The first-order valence-corrected chi connectivity index (χ1v) is 9.54. The molecule has 0 aromatic carbocycles. The van der Waals surface area contributed by atoms with Crippen LogP contribution in [0.2, 0.25) is 0 Å². The second-order valence-corrected chi connectivity index (χ2v) is 7.14. The van der Waals surface area contributed by atoms with Gasteiger partial charge in [0.15, 0.2) is 0 Å². The van der Waals surface area contributed by atoms with E-state index in [2.05, 4.69) is 37.9 Å². The maximum atomic E-state index is 4.38. The summed E-state index contributed by atoms with van der Waals surface area (Å²) in [5.41, 5.74) is 0. The van der Waals surface area contributed by atoms with Crippen molar-refractivity contribution in [3.8, 4) is 0 Å². The van der Waals surface area contributed by atoms with Crippen LogP contribution in [0.3, 0.4) is 0 Å². The number of hydrogen-bond donors (Lipinski definition) is 3. The fourth-order valence-electron chi connectivity index (χ4n) is 3.51. The summed E-state index contributed by atoms with van der Waals surface area (Å²) in [4.78, 5) is 0. The van der Waals surface area contributed by atoms with Crippen LogP contribution in [0.15, 0.2) is 0 Å². The van der Waals surface area contributed by atoms with E-state index in [1.165, 1.54) is 57.8 Å². The lowest BCUT2D eigenvalue weighted by Gasteiger charge is -2.36. The van der Waals surface area contributed by atoms with E-state index in [4.69, 9.17) is 0 Å². The molecule has 3 heteroatoms. The monoisotopic (exact) mass is 306 g/mol. The molecular weight excluding hydrogens is 276 g/mol. The highest BCUT2D eigenvalue weighted by atomic mass is 32.1. The molecule has 0 heterocycles. The van der Waals surface area contributed by atoms with E-state index in [1.54, 1.807) is 0 Å². The number of rotatable bonds is 9. The van der Waals surface area contributed by atoms with E-state index in [0.29, 0.717) is 0 Å². The largest absolute Gasteiger partial charge is 0.179 e. The van der Waals surface area contributed by atoms with Gasteiger partial charge in [0.25, 0.3) is 0 Å². The molecule has 0 aromatic heterocycles. The third kappa shape index (κ3) is 6.47. The second kappa shape index (κ2) is 10.8. The van der Waals surface area contributed by atoms with Crippen molar-refractivity contribution in [3.63, 3.8) is 0 Å². The average molecular weight is 307 g/mol. The zero-order valence-electron chi connectivity index (χ0n) is 11.6. The molecule has 0 radical (unpaired) electrons. The van der Waals surface area contributed by atoms with Gasteiger partial charge in [0.05, 0.1) is 0 Å². The van der Waals surface area contributed by atoms with Crippen molar-refractivity contribution in [3.05, 3.63) is 0 Å². The van der Waals surface area contributed by atoms with Gasteiger partial charge >= 0.3 is 0 Å². The molecule has 0 aliphatic heterocycles. The maximum absolute atomic E-state index is 4.38. The summed E-state index contributed by atoms with van der Waals surface area (Å²) in [7, 11) is 0. The molecular formula is C15H30S3. The zero-order valence-corrected chi connectivity index (χ0v) is 14.2. The molecule has 0 N–H and O–H groups in total. The molecule has 0 bridgehead atoms. The summed E-state index contributed by atoms with van der Waals surface area (Å²) in [6, 6.07) is 0. The summed E-state index contributed by atoms with van der Waals surface area (Å²) in [6.45, 7) is 0. The van der Waals surface area contributed by atoms with E-state index in [9.17, 15) is 0 Å². The second-order valence-electron chi connectivity index (χ2n) is 5.80. The van der Waals surface area contributed by atoms with Gasteiger partial charge in [-0.15, -0.1) is 0 Å². The lowest BCUT2D eigenvalue weighted by Crippen LogP contribution is -2.25. The molecule has 1 fully saturated rings. The van der Waals surface area contributed by atoms with Crippen LogP contribution in [0.1, 0.15) is 57.8 Å². The van der Waals surface area contributed by atoms with Gasteiger partial charge in [-0.05, 0) is 86.4 Å². The summed E-state index contributed by atoms with van der Waals surface area (Å²) in [5.74, 6) is 6.09. The Kier molecular flexibility index (Phi) is 10.3. The minimum Gasteiger partial charge on any atom is -0.179 e. The SMILES string of the molecule is SCCCC1CCC(CCCS)C(CCCS)C1. The molecule has 3 unspecified atom stereocenters. The van der Waals surface area contributed by atoms with Crippen molar-refractivity contribution < 1.29 is 0 Å². The molecule has 0 saturated heterocycles. The first-order chi connectivity index (χ1) is 8.81. The van der Waals surface area contributed by atoms with Crippen molar-refractivity contribution >= 4 is 37.9 Å². The highest BCUT2D eigenvalue weighted by molar-refractivity contribution is 7.80. The summed E-state index contributed by atoms with van der Waals surface area (Å²) < 4.78 is 0. The van der Waals surface area contributed by atoms with E-state index in [0.717, 1.165) is 35.0 Å². The Labute approximate surface area is 130 Å². The zero-order chi connectivity index (χ0) is 13.2. The van der Waals surface area contributed by atoms with Gasteiger partial charge < -0.3 is 0 Å². The third-order valence-electron chi connectivity index (χ3n) is 4.48. The van der Waals surface area contributed by atoms with E-state index >= 15 is 0 Å². The highest BCUT2D eigenvalue weighted by Gasteiger charge is 2.29. The van der Waals surface area contributed by atoms with E-state index in [1.807, 2.05) is 0 Å². The van der Waals surface area contributed by atoms with Crippen LogP contribution in [-0.2, 0) is 0 Å². The summed E-state index contributed by atoms with van der Waals surface area (Å²) in [5, 5.41) is 0. The Bertz CT molecular complexity index is 196. The van der Waals surface area contributed by atoms with Gasteiger partial charge in [-0.25, -0.2) is 0 Å². The molecule has 0 amide bonds. The molecule has 3 atom stereocenters. The van der Waals surface area contributed by atoms with Gasteiger partial charge in [0.2, 0.25) is 0 Å². The molecule has 0 nitrogen and oxygen atoms in total. The van der Waals surface area contributed by atoms with Crippen LogP contribution < -0.4 is 0 Å². The predicted octanol–water partition coefficient (Wildman–Crippen LogP) is 5.15. The van der Waals surface area contributed by atoms with Gasteiger partial charge in [0, 0.05) is 0 Å². The fourth-order valence-corrected chi connectivity index (χ4v) is 4.05. The predicted molar refractivity (Wildman–Crippen MR) is 93.6 cm³/mol. The smallest absolute Gasteiger partial charge is 0.00978 e. The van der Waals surface area contributed by atoms with Crippen molar-refractivity contribution in [1.29, 1.82) is 0 Å². The van der Waals surface area contributed by atoms with Crippen LogP contribution in [0.4, 0.5) is 0 Å². The Hall–Kier alpha value is 1.05. The Balaban J connectivity index is 2.38. The molecule has 1 aliphatic rings. The lowest BCUT2D eigenvalue weighted by molar-refractivity contribution is 0.153.